The molecule has 4 nitrogen and oxygen atoms in total. The number of benzene rings is 1. The van der Waals surface area contributed by atoms with Gasteiger partial charge in [-0.3, -0.25) is 0 Å². The molecule has 1 aliphatic carbocycles. The highest BCUT2D eigenvalue weighted by Gasteiger charge is 2.25. The number of hydrogen-bond donors (Lipinski definition) is 1. The van der Waals surface area contributed by atoms with Crippen molar-refractivity contribution < 1.29 is 9.47 Å². The zero-order valence-corrected chi connectivity index (χ0v) is 12.3. The molecule has 0 saturated heterocycles. The molecule has 1 saturated carbocycles. The third-order valence-electron chi connectivity index (χ3n) is 4.41. The van der Waals surface area contributed by atoms with E-state index in [0.29, 0.717) is 12.8 Å². The molecule has 0 amide bonds. The Morgan fingerprint density at radius 1 is 1.29 bits per heavy atom. The number of hydrogen-bond acceptors (Lipinski definition) is 4. The van der Waals surface area contributed by atoms with Gasteiger partial charge in [-0.1, -0.05) is 19.8 Å². The van der Waals surface area contributed by atoms with Gasteiger partial charge in [-0.25, -0.2) is 4.98 Å². The predicted octanol–water partition coefficient (Wildman–Crippen LogP) is 3.95. The summed E-state index contributed by atoms with van der Waals surface area (Å²) in [5.41, 5.74) is 0. The number of rotatable bonds is 5. The Morgan fingerprint density at radius 3 is 2.86 bits per heavy atom. The zero-order valence-electron chi connectivity index (χ0n) is 12.3. The third-order valence-corrected chi connectivity index (χ3v) is 4.41. The second-order valence-electron chi connectivity index (χ2n) is 6.01. The van der Waals surface area contributed by atoms with Gasteiger partial charge in [-0.05, 0) is 42.3 Å². The van der Waals surface area contributed by atoms with Crippen molar-refractivity contribution in [2.24, 2.45) is 5.92 Å². The summed E-state index contributed by atoms with van der Waals surface area (Å²) < 4.78 is 10.9. The van der Waals surface area contributed by atoms with E-state index in [2.05, 4.69) is 17.2 Å². The first-order valence-corrected chi connectivity index (χ1v) is 7.78. The van der Waals surface area contributed by atoms with Gasteiger partial charge in [-0.2, -0.15) is 0 Å². The van der Waals surface area contributed by atoms with E-state index in [1.807, 2.05) is 24.4 Å². The van der Waals surface area contributed by atoms with E-state index < -0.39 is 0 Å². The Bertz CT molecular complexity index is 667. The summed E-state index contributed by atoms with van der Waals surface area (Å²) in [7, 11) is 0. The van der Waals surface area contributed by atoms with Gasteiger partial charge in [0.15, 0.2) is 11.5 Å². The predicted molar refractivity (Wildman–Crippen MR) is 82.9 cm³/mol. The van der Waals surface area contributed by atoms with Gasteiger partial charge in [0.25, 0.3) is 0 Å². The Morgan fingerprint density at radius 2 is 2.10 bits per heavy atom. The van der Waals surface area contributed by atoms with Crippen molar-refractivity contribution in [3.05, 3.63) is 24.4 Å². The first-order valence-electron chi connectivity index (χ1n) is 7.78. The van der Waals surface area contributed by atoms with Crippen LogP contribution in [0.3, 0.4) is 0 Å². The molecule has 0 radical (unpaired) electrons. The molecule has 1 aromatic heterocycles. The highest BCUT2D eigenvalue weighted by atomic mass is 16.7. The largest absolute Gasteiger partial charge is 0.454 e. The molecule has 1 unspecified atom stereocenters. The van der Waals surface area contributed by atoms with Gasteiger partial charge in [0.1, 0.15) is 5.82 Å². The molecule has 1 aliphatic heterocycles. The number of aromatic nitrogens is 1. The van der Waals surface area contributed by atoms with E-state index in [0.717, 1.165) is 40.4 Å². The molecule has 0 bridgehead atoms. The summed E-state index contributed by atoms with van der Waals surface area (Å²) in [6.45, 7) is 2.54. The zero-order chi connectivity index (χ0) is 14.2. The minimum atomic E-state index is 0.307. The van der Waals surface area contributed by atoms with Crippen molar-refractivity contribution in [3.8, 4) is 11.5 Å². The first-order chi connectivity index (χ1) is 10.3. The molecule has 1 N–H and O–H groups in total. The van der Waals surface area contributed by atoms with Gasteiger partial charge in [0.05, 0.1) is 0 Å². The molecule has 4 heteroatoms. The van der Waals surface area contributed by atoms with Crippen LogP contribution in [0.4, 0.5) is 5.82 Å². The molecule has 1 fully saturated rings. The Kier molecular flexibility index (Phi) is 3.09. The van der Waals surface area contributed by atoms with E-state index in [-0.39, 0.29) is 0 Å². The van der Waals surface area contributed by atoms with E-state index in [4.69, 9.17) is 9.47 Å². The van der Waals surface area contributed by atoms with Crippen molar-refractivity contribution in [2.45, 2.75) is 38.6 Å². The normalized spacial score (nSPS) is 18.0. The average molecular weight is 284 g/mol. The van der Waals surface area contributed by atoms with Crippen molar-refractivity contribution in [1.29, 1.82) is 0 Å². The van der Waals surface area contributed by atoms with Gasteiger partial charge >= 0.3 is 0 Å². The highest BCUT2D eigenvalue weighted by Crippen LogP contribution is 2.39. The average Bonchev–Trinajstić information content (AvgIpc) is 3.20. The quantitative estimate of drug-likeness (QED) is 0.902. The van der Waals surface area contributed by atoms with Gasteiger partial charge < -0.3 is 14.8 Å². The Balaban J connectivity index is 1.67. The lowest BCUT2D eigenvalue weighted by atomic mass is 10.1. The number of fused-ring (bicyclic) bond motifs is 2. The first kappa shape index (κ1) is 12.7. The third kappa shape index (κ3) is 2.50. The van der Waals surface area contributed by atoms with Crippen molar-refractivity contribution in [3.63, 3.8) is 0 Å². The summed E-state index contributed by atoms with van der Waals surface area (Å²) in [6, 6.07) is 6.59. The number of anilines is 1. The summed E-state index contributed by atoms with van der Waals surface area (Å²) in [5.74, 6) is 3.51. The lowest BCUT2D eigenvalue weighted by Crippen LogP contribution is -2.20. The lowest BCUT2D eigenvalue weighted by molar-refractivity contribution is 0.174. The molecule has 2 aliphatic rings. The number of ether oxygens (including phenoxy) is 2. The van der Waals surface area contributed by atoms with Crippen LogP contribution in [0, 0.1) is 5.92 Å². The lowest BCUT2D eigenvalue weighted by Gasteiger charge is -2.18. The van der Waals surface area contributed by atoms with Gasteiger partial charge in [-0.15, -0.1) is 0 Å². The van der Waals surface area contributed by atoms with Crippen LogP contribution in [0.5, 0.6) is 11.5 Å². The summed E-state index contributed by atoms with van der Waals surface area (Å²) >= 11 is 0. The minimum absolute atomic E-state index is 0.307. The van der Waals surface area contributed by atoms with Gasteiger partial charge in [0.2, 0.25) is 6.79 Å². The molecule has 1 aromatic carbocycles. The van der Waals surface area contributed by atoms with Crippen LogP contribution in [0.1, 0.15) is 32.6 Å². The fourth-order valence-electron chi connectivity index (χ4n) is 2.95. The van der Waals surface area contributed by atoms with Crippen molar-refractivity contribution in [1.82, 2.24) is 4.98 Å². The van der Waals surface area contributed by atoms with Crippen LogP contribution in [0.25, 0.3) is 10.8 Å². The molecule has 110 valence electrons. The maximum absolute atomic E-state index is 5.49. The molecule has 1 atom stereocenters. The number of nitrogens with one attached hydrogen (secondary N) is 1. The van der Waals surface area contributed by atoms with Crippen LogP contribution in [0.2, 0.25) is 0 Å². The fourth-order valence-corrected chi connectivity index (χ4v) is 2.95. The van der Waals surface area contributed by atoms with Crippen molar-refractivity contribution in [2.75, 3.05) is 12.1 Å². The summed E-state index contributed by atoms with van der Waals surface area (Å²) in [6.07, 6.45) is 7.01. The number of nitrogens with zero attached hydrogens (tertiary/aromatic N) is 1. The molecule has 21 heavy (non-hydrogen) atoms. The molecular weight excluding hydrogens is 264 g/mol. The SMILES string of the molecule is CCC(CC1CC1)Nc1nccc2cc3c(cc12)OCO3. The second-order valence-corrected chi connectivity index (χ2v) is 6.01. The Labute approximate surface area is 124 Å². The van der Waals surface area contributed by atoms with Crippen LogP contribution in [0.15, 0.2) is 24.4 Å². The van der Waals surface area contributed by atoms with Crippen LogP contribution in [-0.2, 0) is 0 Å². The number of pyridine rings is 1. The van der Waals surface area contributed by atoms with E-state index in [1.165, 1.54) is 19.3 Å². The fraction of sp³-hybridized carbons (Fsp3) is 0.471. The summed E-state index contributed by atoms with van der Waals surface area (Å²) in [5, 5.41) is 5.87. The second kappa shape index (κ2) is 5.10. The maximum atomic E-state index is 5.49. The maximum Gasteiger partial charge on any atom is 0.231 e. The smallest absolute Gasteiger partial charge is 0.231 e. The van der Waals surface area contributed by atoms with Crippen LogP contribution in [-0.4, -0.2) is 17.8 Å². The van der Waals surface area contributed by atoms with Crippen LogP contribution < -0.4 is 14.8 Å². The van der Waals surface area contributed by atoms with E-state index in [1.54, 1.807) is 0 Å². The highest BCUT2D eigenvalue weighted by molar-refractivity contribution is 5.94. The van der Waals surface area contributed by atoms with Crippen molar-refractivity contribution >= 4 is 16.6 Å². The molecular formula is C17H20N2O2. The standard InChI is InChI=1S/C17H20N2O2/c1-2-13(7-11-3-4-11)19-17-14-9-16-15(20-10-21-16)8-12(14)5-6-18-17/h5-6,8-9,11,13H,2-4,7,10H2,1H3,(H,18,19). The molecule has 2 aromatic rings. The molecule has 4 rings (SSSR count). The Hall–Kier alpha value is -1.97. The molecule has 0 spiro atoms. The van der Waals surface area contributed by atoms with E-state index in [9.17, 15) is 0 Å². The van der Waals surface area contributed by atoms with Gasteiger partial charge in [0, 0.05) is 17.6 Å². The topological polar surface area (TPSA) is 43.4 Å². The molecule has 2 heterocycles. The monoisotopic (exact) mass is 284 g/mol. The van der Waals surface area contributed by atoms with E-state index >= 15 is 0 Å². The minimum Gasteiger partial charge on any atom is -0.454 e. The summed E-state index contributed by atoms with van der Waals surface area (Å²) in [4.78, 5) is 4.54. The van der Waals surface area contributed by atoms with Crippen LogP contribution >= 0.6 is 0 Å².